The molecule has 0 aliphatic heterocycles. The highest BCUT2D eigenvalue weighted by molar-refractivity contribution is 6.06. The minimum atomic E-state index is -0.168. The summed E-state index contributed by atoms with van der Waals surface area (Å²) in [6.45, 7) is 9.52. The van der Waals surface area contributed by atoms with Gasteiger partial charge in [0.05, 0.1) is 11.4 Å². The summed E-state index contributed by atoms with van der Waals surface area (Å²) >= 11 is 0. The van der Waals surface area contributed by atoms with Crippen LogP contribution in [0, 0.1) is 0 Å². The molecule has 0 atom stereocenters. The fourth-order valence-electron chi connectivity index (χ4n) is 9.13. The van der Waals surface area contributed by atoms with E-state index in [4.69, 9.17) is 4.42 Å². The molecule has 10 rings (SSSR count). The van der Waals surface area contributed by atoms with E-state index < -0.39 is 0 Å². The first-order valence-electron chi connectivity index (χ1n) is 17.6. The van der Waals surface area contributed by atoms with E-state index in [9.17, 15) is 0 Å². The highest BCUT2D eigenvalue weighted by Gasteiger charge is 2.42. The van der Waals surface area contributed by atoms with E-state index in [1.165, 1.54) is 55.9 Å². The third kappa shape index (κ3) is 3.96. The number of fused-ring (bicyclic) bond motifs is 9. The zero-order valence-electron chi connectivity index (χ0n) is 28.8. The fraction of sp³-hybridized carbons (Fsp3) is 0.125. The van der Waals surface area contributed by atoms with E-state index in [1.54, 1.807) is 0 Å². The number of anilines is 3. The molecule has 1 heterocycles. The van der Waals surface area contributed by atoms with Gasteiger partial charge in [-0.15, -0.1) is 0 Å². The van der Waals surface area contributed by atoms with Crippen molar-refractivity contribution in [3.63, 3.8) is 0 Å². The molecule has 0 unspecified atom stereocenters. The predicted octanol–water partition coefficient (Wildman–Crippen LogP) is 13.3. The molecule has 0 saturated heterocycles. The summed E-state index contributed by atoms with van der Waals surface area (Å²) in [5.74, 6) is 0. The summed E-state index contributed by atoms with van der Waals surface area (Å²) in [7, 11) is 0. The average molecular weight is 644 g/mol. The van der Waals surface area contributed by atoms with Crippen LogP contribution in [0.4, 0.5) is 17.1 Å². The van der Waals surface area contributed by atoms with Crippen molar-refractivity contribution in [1.29, 1.82) is 0 Å². The molecule has 7 aromatic carbocycles. The Balaban J connectivity index is 1.18. The quantitative estimate of drug-likeness (QED) is 0.190. The molecule has 2 heteroatoms. The molecule has 0 bridgehead atoms. The van der Waals surface area contributed by atoms with Gasteiger partial charge in [-0.25, -0.2) is 0 Å². The van der Waals surface area contributed by atoms with Crippen molar-refractivity contribution in [2.24, 2.45) is 0 Å². The Morgan fingerprint density at radius 1 is 0.420 bits per heavy atom. The van der Waals surface area contributed by atoms with Gasteiger partial charge >= 0.3 is 0 Å². The lowest BCUT2D eigenvalue weighted by molar-refractivity contribution is 0.656. The maximum absolute atomic E-state index is 6.26. The summed E-state index contributed by atoms with van der Waals surface area (Å²) in [5.41, 5.74) is 18.2. The van der Waals surface area contributed by atoms with Gasteiger partial charge in [0.1, 0.15) is 11.2 Å². The average Bonchev–Trinajstić information content (AvgIpc) is 3.72. The molecule has 0 amide bonds. The Morgan fingerprint density at radius 3 is 1.54 bits per heavy atom. The molecule has 0 spiro atoms. The third-order valence-corrected chi connectivity index (χ3v) is 11.4. The van der Waals surface area contributed by atoms with Gasteiger partial charge in [0, 0.05) is 27.3 Å². The van der Waals surface area contributed by atoms with Crippen molar-refractivity contribution >= 4 is 39.0 Å². The second kappa shape index (κ2) is 10.3. The van der Waals surface area contributed by atoms with Crippen LogP contribution < -0.4 is 4.90 Å². The number of nitrogens with zero attached hydrogens (tertiary/aromatic N) is 1. The van der Waals surface area contributed by atoms with Gasteiger partial charge in [-0.2, -0.15) is 0 Å². The maximum atomic E-state index is 6.26. The van der Waals surface area contributed by atoms with Crippen molar-refractivity contribution in [2.75, 3.05) is 4.90 Å². The van der Waals surface area contributed by atoms with E-state index in [2.05, 4.69) is 172 Å². The lowest BCUT2D eigenvalue weighted by atomic mass is 9.80. The molecule has 240 valence electrons. The lowest BCUT2D eigenvalue weighted by Crippen LogP contribution is -2.23. The van der Waals surface area contributed by atoms with Gasteiger partial charge in [0.2, 0.25) is 0 Å². The van der Waals surface area contributed by atoms with Gasteiger partial charge < -0.3 is 9.32 Å². The standard InChI is InChI=1S/C48H37NO/c1-47(2)39-18-8-5-13-33(39)37-16-11-20-41(45(37)47)49(42-21-12-17-38-34-14-6-9-19-40(34)48(3,4)46(38)42)32-26-23-30(24-27-32)31-25-28-36-35-15-7-10-22-43(35)50-44(36)29-31/h5-29H,1-4H3. The highest BCUT2D eigenvalue weighted by atomic mass is 16.3. The van der Waals surface area contributed by atoms with Crippen LogP contribution in [0.3, 0.4) is 0 Å². The summed E-state index contributed by atoms with van der Waals surface area (Å²) in [5, 5.41) is 2.30. The zero-order chi connectivity index (χ0) is 33.8. The van der Waals surface area contributed by atoms with Crippen molar-refractivity contribution in [2.45, 2.75) is 38.5 Å². The largest absolute Gasteiger partial charge is 0.456 e. The molecular formula is C48H37NO. The molecule has 1 aromatic heterocycles. The zero-order valence-corrected chi connectivity index (χ0v) is 28.8. The van der Waals surface area contributed by atoms with E-state index in [-0.39, 0.29) is 10.8 Å². The van der Waals surface area contributed by atoms with Crippen molar-refractivity contribution in [3.05, 3.63) is 174 Å². The lowest BCUT2D eigenvalue weighted by Gasteiger charge is -2.35. The molecular weight excluding hydrogens is 607 g/mol. The SMILES string of the molecule is CC1(C)c2ccccc2-c2cccc(N(c3ccc(-c4ccc5c(c4)oc4ccccc45)cc3)c3cccc4c3C(C)(C)c3ccccc3-4)c21. The fourth-order valence-corrected chi connectivity index (χ4v) is 9.13. The number of hydrogen-bond donors (Lipinski definition) is 0. The van der Waals surface area contributed by atoms with Crippen LogP contribution in [-0.2, 0) is 10.8 Å². The monoisotopic (exact) mass is 643 g/mol. The second-order valence-electron chi connectivity index (χ2n) is 14.9. The Hall–Kier alpha value is -5.86. The van der Waals surface area contributed by atoms with Gasteiger partial charge in [-0.3, -0.25) is 0 Å². The van der Waals surface area contributed by atoms with Crippen molar-refractivity contribution in [1.82, 2.24) is 0 Å². The first-order chi connectivity index (χ1) is 24.3. The van der Waals surface area contributed by atoms with Crippen LogP contribution in [0.1, 0.15) is 49.9 Å². The van der Waals surface area contributed by atoms with E-state index in [1.807, 2.05) is 12.1 Å². The number of furan rings is 1. The molecule has 8 aromatic rings. The summed E-state index contributed by atoms with van der Waals surface area (Å²) in [4.78, 5) is 2.53. The first kappa shape index (κ1) is 29.1. The van der Waals surface area contributed by atoms with E-state index in [0.717, 1.165) is 38.8 Å². The molecule has 2 aliphatic rings. The van der Waals surface area contributed by atoms with E-state index in [0.29, 0.717) is 0 Å². The third-order valence-electron chi connectivity index (χ3n) is 11.4. The molecule has 2 aliphatic carbocycles. The van der Waals surface area contributed by atoms with Crippen molar-refractivity contribution < 1.29 is 4.42 Å². The number of hydrogen-bond acceptors (Lipinski definition) is 2. The maximum Gasteiger partial charge on any atom is 0.136 e. The van der Waals surface area contributed by atoms with Gasteiger partial charge in [-0.1, -0.05) is 137 Å². The highest BCUT2D eigenvalue weighted by Crippen LogP contribution is 2.58. The Kier molecular flexibility index (Phi) is 6.01. The Morgan fingerprint density at radius 2 is 0.920 bits per heavy atom. The molecule has 0 N–H and O–H groups in total. The topological polar surface area (TPSA) is 16.4 Å². The van der Waals surface area contributed by atoms with Crippen LogP contribution in [0.15, 0.2) is 156 Å². The molecule has 2 nitrogen and oxygen atoms in total. The van der Waals surface area contributed by atoms with Gasteiger partial charge in [0.15, 0.2) is 0 Å². The second-order valence-corrected chi connectivity index (χ2v) is 14.9. The van der Waals surface area contributed by atoms with Crippen LogP contribution in [-0.4, -0.2) is 0 Å². The predicted molar refractivity (Wildman–Crippen MR) is 209 cm³/mol. The van der Waals surface area contributed by atoms with Gasteiger partial charge in [0.25, 0.3) is 0 Å². The molecule has 50 heavy (non-hydrogen) atoms. The van der Waals surface area contributed by atoms with Gasteiger partial charge in [-0.05, 0) is 98.1 Å². The summed E-state index contributed by atoms with van der Waals surface area (Å²) in [6, 6.07) is 55.5. The first-order valence-corrected chi connectivity index (χ1v) is 17.6. The smallest absolute Gasteiger partial charge is 0.136 e. The van der Waals surface area contributed by atoms with Crippen LogP contribution >= 0.6 is 0 Å². The molecule has 0 saturated carbocycles. The van der Waals surface area contributed by atoms with Crippen LogP contribution in [0.25, 0.3) is 55.3 Å². The minimum absolute atomic E-state index is 0.168. The number of rotatable bonds is 4. The summed E-state index contributed by atoms with van der Waals surface area (Å²) < 4.78 is 6.26. The Bertz CT molecular complexity index is 2550. The summed E-state index contributed by atoms with van der Waals surface area (Å²) in [6.07, 6.45) is 0. The Labute approximate surface area is 293 Å². The van der Waals surface area contributed by atoms with Crippen LogP contribution in [0.2, 0.25) is 0 Å². The number of benzene rings is 7. The van der Waals surface area contributed by atoms with E-state index >= 15 is 0 Å². The van der Waals surface area contributed by atoms with Crippen LogP contribution in [0.5, 0.6) is 0 Å². The molecule has 0 fully saturated rings. The number of para-hydroxylation sites is 1. The molecule has 0 radical (unpaired) electrons. The normalized spacial score (nSPS) is 14.7. The minimum Gasteiger partial charge on any atom is -0.456 e. The van der Waals surface area contributed by atoms with Crippen molar-refractivity contribution in [3.8, 4) is 33.4 Å².